The third-order valence-corrected chi connectivity index (χ3v) is 4.16. The van der Waals surface area contributed by atoms with Gasteiger partial charge in [-0.2, -0.15) is 0 Å². The van der Waals surface area contributed by atoms with Crippen molar-refractivity contribution >= 4 is 5.97 Å². The molecule has 1 aromatic rings. The Morgan fingerprint density at radius 2 is 1.91 bits per heavy atom. The summed E-state index contributed by atoms with van der Waals surface area (Å²) in [7, 11) is 1.67. The average molecular weight is 323 g/mol. The summed E-state index contributed by atoms with van der Waals surface area (Å²) in [5, 5.41) is 23.5. The molecule has 2 rings (SSSR count). The molecule has 1 heterocycles. The molecule has 0 bridgehead atoms. The maximum atomic E-state index is 12.0. The van der Waals surface area contributed by atoms with E-state index in [1.807, 2.05) is 19.9 Å². The van der Waals surface area contributed by atoms with Crippen LogP contribution in [0.2, 0.25) is 0 Å². The number of ether oxygens (including phenoxy) is 2. The zero-order valence-electron chi connectivity index (χ0n) is 13.7. The van der Waals surface area contributed by atoms with Gasteiger partial charge in [-0.15, -0.1) is 0 Å². The Bertz CT molecular complexity index is 505. The standard InChI is InChI=1S/C17H25NO5/c1-10(2)16-15(20)13(18-3)14(19)12(23-16)9-22-17(21)11-7-5-4-6-8-11/h4-8,10,12-16,18-20H,9H2,1-3H3/t12-,13+,14-,15-,16+/m1/s1. The van der Waals surface area contributed by atoms with Gasteiger partial charge in [-0.3, -0.25) is 0 Å². The van der Waals surface area contributed by atoms with Crippen LogP contribution in [0.25, 0.3) is 0 Å². The second-order valence-corrected chi connectivity index (χ2v) is 6.14. The number of aliphatic hydroxyl groups excluding tert-OH is 2. The minimum absolute atomic E-state index is 0.0665. The Hall–Kier alpha value is -1.47. The fourth-order valence-corrected chi connectivity index (χ4v) is 2.85. The van der Waals surface area contributed by atoms with Gasteiger partial charge in [-0.05, 0) is 25.1 Å². The smallest absolute Gasteiger partial charge is 0.338 e. The summed E-state index contributed by atoms with van der Waals surface area (Å²) in [6.45, 7) is 3.81. The van der Waals surface area contributed by atoms with Gasteiger partial charge in [0.1, 0.15) is 18.8 Å². The van der Waals surface area contributed by atoms with E-state index in [4.69, 9.17) is 9.47 Å². The third-order valence-electron chi connectivity index (χ3n) is 4.16. The zero-order valence-corrected chi connectivity index (χ0v) is 13.7. The molecule has 128 valence electrons. The van der Waals surface area contributed by atoms with E-state index in [9.17, 15) is 15.0 Å². The van der Waals surface area contributed by atoms with E-state index >= 15 is 0 Å². The number of benzene rings is 1. The molecule has 1 saturated heterocycles. The van der Waals surface area contributed by atoms with E-state index < -0.39 is 36.4 Å². The molecule has 0 saturated carbocycles. The Morgan fingerprint density at radius 3 is 2.48 bits per heavy atom. The lowest BCUT2D eigenvalue weighted by atomic mass is 9.88. The van der Waals surface area contributed by atoms with Crippen LogP contribution < -0.4 is 5.32 Å². The lowest BCUT2D eigenvalue weighted by molar-refractivity contribution is -0.204. The van der Waals surface area contributed by atoms with Gasteiger partial charge >= 0.3 is 5.97 Å². The molecule has 6 heteroatoms. The average Bonchev–Trinajstić information content (AvgIpc) is 2.54. The number of carbonyl (C=O) groups excluding carboxylic acids is 1. The van der Waals surface area contributed by atoms with Gasteiger partial charge < -0.3 is 25.0 Å². The molecule has 5 atom stereocenters. The Morgan fingerprint density at radius 1 is 1.26 bits per heavy atom. The molecular formula is C17H25NO5. The van der Waals surface area contributed by atoms with Gasteiger partial charge in [0, 0.05) is 0 Å². The summed E-state index contributed by atoms with van der Waals surface area (Å²) in [5.41, 5.74) is 0.448. The summed E-state index contributed by atoms with van der Waals surface area (Å²) in [5.74, 6) is -0.393. The first kappa shape index (κ1) is 17.9. The van der Waals surface area contributed by atoms with Crippen molar-refractivity contribution in [3.8, 4) is 0 Å². The van der Waals surface area contributed by atoms with Crippen LogP contribution >= 0.6 is 0 Å². The molecule has 0 aromatic heterocycles. The highest BCUT2D eigenvalue weighted by Gasteiger charge is 2.45. The SMILES string of the molecule is CN[C@@H]1[C@@H](O)[C@H](C(C)C)O[C@H](COC(=O)c2ccccc2)[C@H]1O. The number of esters is 1. The van der Waals surface area contributed by atoms with Crippen LogP contribution in [-0.2, 0) is 9.47 Å². The predicted octanol–water partition coefficient (Wildman–Crippen LogP) is 0.577. The van der Waals surface area contributed by atoms with Crippen molar-refractivity contribution in [3.05, 3.63) is 35.9 Å². The van der Waals surface area contributed by atoms with Gasteiger partial charge in [0.15, 0.2) is 0 Å². The van der Waals surface area contributed by atoms with Crippen LogP contribution in [0.15, 0.2) is 30.3 Å². The fourth-order valence-electron chi connectivity index (χ4n) is 2.85. The number of aliphatic hydroxyl groups is 2. The van der Waals surface area contributed by atoms with Crippen molar-refractivity contribution in [2.45, 2.75) is 44.3 Å². The van der Waals surface area contributed by atoms with E-state index in [1.54, 1.807) is 31.3 Å². The Kier molecular flexibility index (Phi) is 6.12. The Balaban J connectivity index is 2.01. The maximum absolute atomic E-state index is 12.0. The van der Waals surface area contributed by atoms with Gasteiger partial charge in [-0.1, -0.05) is 32.0 Å². The lowest BCUT2D eigenvalue weighted by Crippen LogP contribution is -2.64. The van der Waals surface area contributed by atoms with E-state index in [2.05, 4.69) is 5.32 Å². The molecule has 0 radical (unpaired) electrons. The second kappa shape index (κ2) is 7.88. The zero-order chi connectivity index (χ0) is 17.0. The molecule has 0 amide bonds. The highest BCUT2D eigenvalue weighted by molar-refractivity contribution is 5.89. The van der Waals surface area contributed by atoms with E-state index in [1.165, 1.54) is 0 Å². The van der Waals surface area contributed by atoms with Gasteiger partial charge in [0.2, 0.25) is 0 Å². The number of hydrogen-bond donors (Lipinski definition) is 3. The van der Waals surface area contributed by atoms with Gasteiger partial charge in [0.25, 0.3) is 0 Å². The molecule has 1 aliphatic rings. The minimum Gasteiger partial charge on any atom is -0.459 e. The largest absolute Gasteiger partial charge is 0.459 e. The first-order chi connectivity index (χ1) is 11.0. The molecule has 1 fully saturated rings. The first-order valence-electron chi connectivity index (χ1n) is 7.86. The molecule has 1 aliphatic heterocycles. The predicted molar refractivity (Wildman–Crippen MR) is 85.1 cm³/mol. The molecule has 3 N–H and O–H groups in total. The van der Waals surface area contributed by atoms with Crippen molar-refractivity contribution in [2.24, 2.45) is 5.92 Å². The van der Waals surface area contributed by atoms with E-state index in [-0.39, 0.29) is 12.5 Å². The molecule has 1 aromatic carbocycles. The number of carbonyl (C=O) groups is 1. The summed E-state index contributed by atoms with van der Waals surface area (Å²) in [4.78, 5) is 12.0. The first-order valence-corrected chi connectivity index (χ1v) is 7.86. The lowest BCUT2D eigenvalue weighted by Gasteiger charge is -2.44. The number of rotatable bonds is 5. The molecular weight excluding hydrogens is 298 g/mol. The van der Waals surface area contributed by atoms with Gasteiger partial charge in [-0.25, -0.2) is 4.79 Å². The normalized spacial score (nSPS) is 31.1. The van der Waals surface area contributed by atoms with E-state index in [0.717, 1.165) is 0 Å². The topological polar surface area (TPSA) is 88.0 Å². The van der Waals surface area contributed by atoms with Gasteiger partial charge in [0.05, 0.1) is 23.8 Å². The van der Waals surface area contributed by atoms with Crippen molar-refractivity contribution in [1.82, 2.24) is 5.32 Å². The minimum atomic E-state index is -0.964. The number of nitrogens with one attached hydrogen (secondary N) is 1. The highest BCUT2D eigenvalue weighted by Crippen LogP contribution is 2.26. The van der Waals surface area contributed by atoms with Crippen molar-refractivity contribution < 1.29 is 24.5 Å². The molecule has 0 unspecified atom stereocenters. The van der Waals surface area contributed by atoms with Crippen LogP contribution in [0, 0.1) is 5.92 Å². The number of hydrogen-bond acceptors (Lipinski definition) is 6. The van der Waals surface area contributed by atoms with Crippen molar-refractivity contribution in [3.63, 3.8) is 0 Å². The maximum Gasteiger partial charge on any atom is 0.338 e. The van der Waals surface area contributed by atoms with E-state index in [0.29, 0.717) is 5.56 Å². The summed E-state index contributed by atoms with van der Waals surface area (Å²) < 4.78 is 11.0. The molecule has 6 nitrogen and oxygen atoms in total. The Labute approximate surface area is 136 Å². The third kappa shape index (κ3) is 4.09. The fraction of sp³-hybridized carbons (Fsp3) is 0.588. The summed E-state index contributed by atoms with van der Waals surface area (Å²) >= 11 is 0. The summed E-state index contributed by atoms with van der Waals surface area (Å²) in [6, 6.07) is 8.12. The monoisotopic (exact) mass is 323 g/mol. The van der Waals surface area contributed by atoms with Crippen molar-refractivity contribution in [1.29, 1.82) is 0 Å². The number of likely N-dealkylation sites (N-methyl/N-ethyl adjacent to an activating group) is 1. The van der Waals surface area contributed by atoms with Crippen LogP contribution in [0.3, 0.4) is 0 Å². The van der Waals surface area contributed by atoms with Crippen LogP contribution in [0.4, 0.5) is 0 Å². The molecule has 23 heavy (non-hydrogen) atoms. The second-order valence-electron chi connectivity index (χ2n) is 6.14. The van der Waals surface area contributed by atoms with Crippen molar-refractivity contribution in [2.75, 3.05) is 13.7 Å². The molecule has 0 spiro atoms. The summed E-state index contributed by atoms with van der Waals surface area (Å²) in [6.07, 6.45) is -2.91. The van der Waals surface area contributed by atoms with Crippen LogP contribution in [0.1, 0.15) is 24.2 Å². The molecule has 0 aliphatic carbocycles. The quantitative estimate of drug-likeness (QED) is 0.687. The highest BCUT2D eigenvalue weighted by atomic mass is 16.6. The van der Waals surface area contributed by atoms with Crippen LogP contribution in [-0.4, -0.2) is 60.3 Å². The van der Waals surface area contributed by atoms with Crippen LogP contribution in [0.5, 0.6) is 0 Å².